The van der Waals surface area contributed by atoms with Crippen LogP contribution in [0.25, 0.3) is 10.8 Å². The summed E-state index contributed by atoms with van der Waals surface area (Å²) in [5.74, 6) is -0.712. The van der Waals surface area contributed by atoms with Crippen molar-refractivity contribution < 1.29 is 14.8 Å². The zero-order valence-corrected chi connectivity index (χ0v) is 18.2. The lowest BCUT2D eigenvalue weighted by Gasteiger charge is -2.24. The third-order valence-electron chi connectivity index (χ3n) is 5.43. The van der Waals surface area contributed by atoms with Gasteiger partial charge in [0.05, 0.1) is 12.0 Å². The molecule has 0 heterocycles. The van der Waals surface area contributed by atoms with Crippen LogP contribution in [0.2, 0.25) is 0 Å². The Morgan fingerprint density at radius 2 is 1.61 bits per heavy atom. The largest absolute Gasteiger partial charge is 0.475 e. The summed E-state index contributed by atoms with van der Waals surface area (Å²) in [6, 6.07) is 23.7. The standard InChI is InChI=1S/C25H31BN2O3/c1-18(2)15-24(26(30)31)28-25(29)23(16-19-9-4-3-5-10-19)27-17-21-13-8-12-20-11-6-7-14-22(20)21/h3-14,18,23-24,27,30-31H,15-17H2,1-2H3,(H,28,29)/t23-,24-/m0/s1. The molecule has 0 aliphatic heterocycles. The van der Waals surface area contributed by atoms with E-state index in [9.17, 15) is 14.8 Å². The molecule has 0 aromatic heterocycles. The third-order valence-corrected chi connectivity index (χ3v) is 5.43. The molecular weight excluding hydrogens is 387 g/mol. The van der Waals surface area contributed by atoms with E-state index in [1.165, 1.54) is 0 Å². The molecule has 3 aromatic rings. The summed E-state index contributed by atoms with van der Waals surface area (Å²) in [5, 5.41) is 28.0. The molecule has 4 N–H and O–H groups in total. The topological polar surface area (TPSA) is 81.6 Å². The summed E-state index contributed by atoms with van der Waals surface area (Å²) in [5.41, 5.74) is 2.16. The van der Waals surface area contributed by atoms with Gasteiger partial charge >= 0.3 is 7.12 Å². The highest BCUT2D eigenvalue weighted by Crippen LogP contribution is 2.18. The molecule has 0 saturated heterocycles. The van der Waals surface area contributed by atoms with E-state index in [0.717, 1.165) is 21.9 Å². The Labute approximate surface area is 184 Å². The lowest BCUT2D eigenvalue weighted by molar-refractivity contribution is -0.123. The monoisotopic (exact) mass is 418 g/mol. The van der Waals surface area contributed by atoms with Gasteiger partial charge in [0.25, 0.3) is 0 Å². The van der Waals surface area contributed by atoms with Crippen molar-refractivity contribution in [3.8, 4) is 0 Å². The summed E-state index contributed by atoms with van der Waals surface area (Å²) in [4.78, 5) is 13.1. The first kappa shape index (κ1) is 23.0. The van der Waals surface area contributed by atoms with Crippen LogP contribution in [-0.2, 0) is 17.8 Å². The highest BCUT2D eigenvalue weighted by atomic mass is 16.4. The van der Waals surface area contributed by atoms with Gasteiger partial charge in [-0.2, -0.15) is 0 Å². The number of amides is 1. The van der Waals surface area contributed by atoms with Gasteiger partial charge in [-0.1, -0.05) is 86.6 Å². The lowest BCUT2D eigenvalue weighted by Crippen LogP contribution is -2.53. The molecule has 0 unspecified atom stereocenters. The molecule has 162 valence electrons. The predicted octanol–water partition coefficient (Wildman–Crippen LogP) is 3.08. The molecule has 0 spiro atoms. The number of carbonyl (C=O) groups is 1. The molecular formula is C25H31BN2O3. The van der Waals surface area contributed by atoms with Crippen LogP contribution in [0.3, 0.4) is 0 Å². The summed E-state index contributed by atoms with van der Waals surface area (Å²) < 4.78 is 0. The molecule has 5 nitrogen and oxygen atoms in total. The fourth-order valence-electron chi connectivity index (χ4n) is 3.83. The van der Waals surface area contributed by atoms with Gasteiger partial charge in [0.1, 0.15) is 0 Å². The van der Waals surface area contributed by atoms with Crippen molar-refractivity contribution >= 4 is 23.8 Å². The van der Waals surface area contributed by atoms with Crippen LogP contribution in [0.15, 0.2) is 72.8 Å². The van der Waals surface area contributed by atoms with Crippen LogP contribution in [0, 0.1) is 5.92 Å². The molecule has 2 atom stereocenters. The number of hydrogen-bond acceptors (Lipinski definition) is 4. The highest BCUT2D eigenvalue weighted by molar-refractivity contribution is 6.43. The second kappa shape index (κ2) is 11.1. The first-order valence-corrected chi connectivity index (χ1v) is 10.8. The van der Waals surface area contributed by atoms with Crippen LogP contribution < -0.4 is 10.6 Å². The van der Waals surface area contributed by atoms with E-state index < -0.39 is 19.1 Å². The fraction of sp³-hybridized carbons (Fsp3) is 0.320. The molecule has 0 saturated carbocycles. The Morgan fingerprint density at radius 3 is 2.32 bits per heavy atom. The Balaban J connectivity index is 1.77. The van der Waals surface area contributed by atoms with Crippen molar-refractivity contribution in [2.45, 2.75) is 45.2 Å². The van der Waals surface area contributed by atoms with E-state index in [1.54, 1.807) is 0 Å². The van der Waals surface area contributed by atoms with E-state index >= 15 is 0 Å². The summed E-state index contributed by atoms with van der Waals surface area (Å²) in [6.07, 6.45) is 0.998. The zero-order chi connectivity index (χ0) is 22.2. The fourth-order valence-corrected chi connectivity index (χ4v) is 3.83. The number of fused-ring (bicyclic) bond motifs is 1. The van der Waals surface area contributed by atoms with Crippen molar-refractivity contribution in [3.05, 3.63) is 83.9 Å². The Morgan fingerprint density at radius 1 is 0.935 bits per heavy atom. The molecule has 0 fully saturated rings. The zero-order valence-electron chi connectivity index (χ0n) is 18.2. The van der Waals surface area contributed by atoms with Gasteiger partial charge in [0.2, 0.25) is 5.91 Å². The molecule has 0 bridgehead atoms. The van der Waals surface area contributed by atoms with Crippen molar-refractivity contribution in [1.82, 2.24) is 10.6 Å². The summed E-state index contributed by atoms with van der Waals surface area (Å²) in [6.45, 7) is 4.51. The molecule has 31 heavy (non-hydrogen) atoms. The number of nitrogens with one attached hydrogen (secondary N) is 2. The van der Waals surface area contributed by atoms with Crippen molar-refractivity contribution in [1.29, 1.82) is 0 Å². The van der Waals surface area contributed by atoms with Gasteiger partial charge in [0.15, 0.2) is 0 Å². The molecule has 3 aromatic carbocycles. The van der Waals surface area contributed by atoms with E-state index in [1.807, 2.05) is 62.4 Å². The van der Waals surface area contributed by atoms with E-state index in [0.29, 0.717) is 19.4 Å². The number of benzene rings is 3. The SMILES string of the molecule is CC(C)C[C@H](NC(=O)[C@H](Cc1ccccc1)NCc1cccc2ccccc12)B(O)O. The molecule has 0 aliphatic rings. The maximum atomic E-state index is 13.1. The van der Waals surface area contributed by atoms with Gasteiger partial charge in [-0.05, 0) is 40.7 Å². The normalized spacial score (nSPS) is 13.2. The predicted molar refractivity (Wildman–Crippen MR) is 126 cm³/mol. The van der Waals surface area contributed by atoms with Crippen LogP contribution >= 0.6 is 0 Å². The van der Waals surface area contributed by atoms with Crippen LogP contribution in [0.5, 0.6) is 0 Å². The number of hydrogen-bond donors (Lipinski definition) is 4. The average molecular weight is 418 g/mol. The van der Waals surface area contributed by atoms with Gasteiger partial charge in [0, 0.05) is 6.54 Å². The molecule has 3 rings (SSSR count). The van der Waals surface area contributed by atoms with Crippen LogP contribution in [0.1, 0.15) is 31.4 Å². The van der Waals surface area contributed by atoms with E-state index in [-0.39, 0.29) is 11.8 Å². The number of rotatable bonds is 10. The highest BCUT2D eigenvalue weighted by Gasteiger charge is 2.29. The minimum atomic E-state index is -1.60. The first-order valence-electron chi connectivity index (χ1n) is 10.8. The Bertz CT molecular complexity index is 973. The van der Waals surface area contributed by atoms with Gasteiger partial charge in [-0.25, -0.2) is 0 Å². The Hall–Kier alpha value is -2.67. The average Bonchev–Trinajstić information content (AvgIpc) is 2.76. The van der Waals surface area contributed by atoms with Crippen molar-refractivity contribution in [2.75, 3.05) is 0 Å². The lowest BCUT2D eigenvalue weighted by atomic mass is 9.75. The quantitative estimate of drug-likeness (QED) is 0.382. The summed E-state index contributed by atoms with van der Waals surface area (Å²) in [7, 11) is -1.60. The summed E-state index contributed by atoms with van der Waals surface area (Å²) >= 11 is 0. The molecule has 0 radical (unpaired) electrons. The van der Waals surface area contributed by atoms with Crippen LogP contribution in [0.4, 0.5) is 0 Å². The maximum absolute atomic E-state index is 13.1. The maximum Gasteiger partial charge on any atom is 0.475 e. The minimum Gasteiger partial charge on any atom is -0.426 e. The third kappa shape index (κ3) is 6.66. The smallest absolute Gasteiger partial charge is 0.426 e. The van der Waals surface area contributed by atoms with Gasteiger partial charge in [-0.3, -0.25) is 4.79 Å². The second-order valence-electron chi connectivity index (χ2n) is 8.42. The van der Waals surface area contributed by atoms with E-state index in [4.69, 9.17) is 0 Å². The minimum absolute atomic E-state index is 0.225. The van der Waals surface area contributed by atoms with Gasteiger partial charge in [-0.15, -0.1) is 0 Å². The van der Waals surface area contributed by atoms with Crippen molar-refractivity contribution in [3.63, 3.8) is 0 Å². The van der Waals surface area contributed by atoms with Crippen LogP contribution in [-0.4, -0.2) is 35.1 Å². The van der Waals surface area contributed by atoms with Crippen molar-refractivity contribution in [2.24, 2.45) is 5.92 Å². The van der Waals surface area contributed by atoms with Gasteiger partial charge < -0.3 is 20.7 Å². The molecule has 0 aliphatic carbocycles. The van der Waals surface area contributed by atoms with E-state index in [2.05, 4.69) is 34.9 Å². The first-order chi connectivity index (χ1) is 14.9. The Kier molecular flexibility index (Phi) is 8.23. The number of carbonyl (C=O) groups excluding carboxylic acids is 1. The second-order valence-corrected chi connectivity index (χ2v) is 8.42. The molecule has 6 heteroatoms. The molecule has 1 amide bonds.